The fourth-order valence-electron chi connectivity index (χ4n) is 1.57. The number of furan rings is 1. The number of hydrogen-bond acceptors (Lipinski definition) is 4. The maximum absolute atomic E-state index is 13.3. The maximum Gasteiger partial charge on any atom is 0.277 e. The molecule has 1 N–H and O–H groups in total. The Morgan fingerprint density at radius 1 is 1.33 bits per heavy atom. The number of rotatable bonds is 5. The molecule has 1 aromatic carbocycles. The van der Waals surface area contributed by atoms with Gasteiger partial charge < -0.3 is 9.15 Å². The highest BCUT2D eigenvalue weighted by atomic mass is 19.1. The molecule has 1 aromatic heterocycles. The smallest absolute Gasteiger partial charge is 0.277 e. The Morgan fingerprint density at radius 3 is 2.76 bits per heavy atom. The SMILES string of the molecule is C/C(=N/NC(=O)COc1ccccc1F)c1ccc(C)o1. The number of nitrogens with one attached hydrogen (secondary N) is 1. The first kappa shape index (κ1) is 14.8. The van der Waals surface area contributed by atoms with Gasteiger partial charge in [0.2, 0.25) is 0 Å². The molecule has 0 aliphatic carbocycles. The van der Waals surface area contributed by atoms with Crippen LogP contribution < -0.4 is 10.2 Å². The first-order valence-electron chi connectivity index (χ1n) is 6.33. The fraction of sp³-hybridized carbons (Fsp3) is 0.200. The summed E-state index contributed by atoms with van der Waals surface area (Å²) in [6.45, 7) is 3.20. The lowest BCUT2D eigenvalue weighted by Crippen LogP contribution is -2.25. The van der Waals surface area contributed by atoms with Gasteiger partial charge in [0.15, 0.2) is 18.2 Å². The van der Waals surface area contributed by atoms with E-state index in [0.717, 1.165) is 5.76 Å². The number of halogens is 1. The first-order valence-corrected chi connectivity index (χ1v) is 6.33. The fourth-order valence-corrected chi connectivity index (χ4v) is 1.57. The van der Waals surface area contributed by atoms with Crippen LogP contribution in [0.15, 0.2) is 45.9 Å². The van der Waals surface area contributed by atoms with Crippen molar-refractivity contribution in [2.75, 3.05) is 6.61 Å². The van der Waals surface area contributed by atoms with Crippen LogP contribution in [0.5, 0.6) is 5.75 Å². The number of amides is 1. The van der Waals surface area contributed by atoms with Gasteiger partial charge in [0.25, 0.3) is 5.91 Å². The summed E-state index contributed by atoms with van der Waals surface area (Å²) < 4.78 is 23.7. The second kappa shape index (κ2) is 6.69. The van der Waals surface area contributed by atoms with Crippen molar-refractivity contribution < 1.29 is 18.3 Å². The number of para-hydroxylation sites is 1. The van der Waals surface area contributed by atoms with Crippen molar-refractivity contribution in [3.8, 4) is 5.75 Å². The summed E-state index contributed by atoms with van der Waals surface area (Å²) in [5.41, 5.74) is 2.85. The van der Waals surface area contributed by atoms with Crippen molar-refractivity contribution in [3.63, 3.8) is 0 Å². The molecule has 0 saturated heterocycles. The van der Waals surface area contributed by atoms with E-state index in [1.165, 1.54) is 12.1 Å². The Morgan fingerprint density at radius 2 is 2.10 bits per heavy atom. The van der Waals surface area contributed by atoms with E-state index in [4.69, 9.17) is 9.15 Å². The number of hydrogen-bond donors (Lipinski definition) is 1. The van der Waals surface area contributed by atoms with Crippen molar-refractivity contribution in [1.82, 2.24) is 5.43 Å². The minimum atomic E-state index is -0.518. The van der Waals surface area contributed by atoms with E-state index < -0.39 is 11.7 Å². The summed E-state index contributed by atoms with van der Waals surface area (Å²) in [6, 6.07) is 9.43. The normalized spacial score (nSPS) is 11.3. The topological polar surface area (TPSA) is 63.8 Å². The number of carbonyl (C=O) groups is 1. The number of carbonyl (C=O) groups excluding carboxylic acids is 1. The van der Waals surface area contributed by atoms with Crippen LogP contribution in [0.4, 0.5) is 4.39 Å². The Bertz CT molecular complexity index is 664. The standard InChI is InChI=1S/C15H15FN2O3/c1-10-7-8-13(21-10)11(2)17-18-15(19)9-20-14-6-4-3-5-12(14)16/h3-8H,9H2,1-2H3,(H,18,19)/b17-11-. The molecule has 0 saturated carbocycles. The number of nitrogens with zero attached hydrogens (tertiary/aromatic N) is 1. The summed E-state index contributed by atoms with van der Waals surface area (Å²) in [4.78, 5) is 11.6. The van der Waals surface area contributed by atoms with Crippen LogP contribution in [0, 0.1) is 12.7 Å². The molecule has 2 aromatic rings. The van der Waals surface area contributed by atoms with Crippen LogP contribution >= 0.6 is 0 Å². The van der Waals surface area contributed by atoms with Crippen LogP contribution in [-0.2, 0) is 4.79 Å². The summed E-state index contributed by atoms with van der Waals surface area (Å²) >= 11 is 0. The lowest BCUT2D eigenvalue weighted by atomic mass is 10.3. The zero-order valence-electron chi connectivity index (χ0n) is 11.7. The minimum Gasteiger partial charge on any atom is -0.481 e. The van der Waals surface area contributed by atoms with Gasteiger partial charge in [-0.1, -0.05) is 12.1 Å². The van der Waals surface area contributed by atoms with Crippen LogP contribution in [0.1, 0.15) is 18.4 Å². The lowest BCUT2D eigenvalue weighted by molar-refractivity contribution is -0.123. The molecule has 2 rings (SSSR count). The Hall–Kier alpha value is -2.63. The number of benzene rings is 1. The molecule has 0 unspecified atom stereocenters. The van der Waals surface area contributed by atoms with Crippen LogP contribution in [0.3, 0.4) is 0 Å². The summed E-state index contributed by atoms with van der Waals surface area (Å²) in [7, 11) is 0. The van der Waals surface area contributed by atoms with Crippen molar-refractivity contribution in [2.45, 2.75) is 13.8 Å². The lowest BCUT2D eigenvalue weighted by Gasteiger charge is -2.05. The zero-order chi connectivity index (χ0) is 15.2. The molecule has 0 radical (unpaired) electrons. The molecule has 1 heterocycles. The van der Waals surface area contributed by atoms with Gasteiger partial charge in [0.1, 0.15) is 17.2 Å². The van der Waals surface area contributed by atoms with Gasteiger partial charge in [-0.3, -0.25) is 4.79 Å². The molecule has 21 heavy (non-hydrogen) atoms. The number of aryl methyl sites for hydroxylation is 1. The predicted octanol–water partition coefficient (Wildman–Crippen LogP) is 2.65. The molecule has 1 amide bonds. The highest BCUT2D eigenvalue weighted by molar-refractivity contribution is 5.96. The molecule has 0 spiro atoms. The van der Waals surface area contributed by atoms with Crippen molar-refractivity contribution in [2.24, 2.45) is 5.10 Å². The molecule has 0 aliphatic heterocycles. The van der Waals surface area contributed by atoms with E-state index in [0.29, 0.717) is 11.5 Å². The molecule has 0 aliphatic rings. The molecule has 6 heteroatoms. The van der Waals surface area contributed by atoms with E-state index in [-0.39, 0.29) is 12.4 Å². The monoisotopic (exact) mass is 290 g/mol. The van der Waals surface area contributed by atoms with Gasteiger partial charge in [-0.2, -0.15) is 5.10 Å². The average molecular weight is 290 g/mol. The molecular weight excluding hydrogens is 275 g/mol. The molecule has 0 fully saturated rings. The van der Waals surface area contributed by atoms with Gasteiger partial charge in [-0.25, -0.2) is 9.82 Å². The molecule has 0 bridgehead atoms. The second-order valence-electron chi connectivity index (χ2n) is 4.36. The summed E-state index contributed by atoms with van der Waals surface area (Å²) in [5.74, 6) is 0.350. The minimum absolute atomic E-state index is 0.0232. The van der Waals surface area contributed by atoms with Crippen molar-refractivity contribution in [1.29, 1.82) is 0 Å². The van der Waals surface area contributed by atoms with Gasteiger partial charge in [-0.15, -0.1) is 0 Å². The zero-order valence-corrected chi connectivity index (χ0v) is 11.7. The van der Waals surface area contributed by atoms with E-state index in [1.54, 1.807) is 31.2 Å². The van der Waals surface area contributed by atoms with Crippen LogP contribution in [0.2, 0.25) is 0 Å². The van der Waals surface area contributed by atoms with Crippen LogP contribution in [-0.4, -0.2) is 18.2 Å². The van der Waals surface area contributed by atoms with E-state index in [1.807, 2.05) is 6.92 Å². The Labute approximate surface area is 121 Å². The quantitative estimate of drug-likeness (QED) is 0.680. The third-order valence-electron chi connectivity index (χ3n) is 2.64. The third-order valence-corrected chi connectivity index (χ3v) is 2.64. The highest BCUT2D eigenvalue weighted by Gasteiger charge is 2.07. The molecule has 0 atom stereocenters. The Balaban J connectivity index is 1.86. The largest absolute Gasteiger partial charge is 0.481 e. The third kappa shape index (κ3) is 4.17. The Kier molecular flexibility index (Phi) is 4.71. The van der Waals surface area contributed by atoms with Gasteiger partial charge in [0.05, 0.1) is 0 Å². The number of hydrazone groups is 1. The van der Waals surface area contributed by atoms with Gasteiger partial charge in [-0.05, 0) is 38.1 Å². The molecule has 5 nitrogen and oxygen atoms in total. The van der Waals surface area contributed by atoms with Crippen molar-refractivity contribution >= 4 is 11.6 Å². The highest BCUT2D eigenvalue weighted by Crippen LogP contribution is 2.14. The average Bonchev–Trinajstić information content (AvgIpc) is 2.90. The first-order chi connectivity index (χ1) is 10.1. The van der Waals surface area contributed by atoms with E-state index in [9.17, 15) is 9.18 Å². The second-order valence-corrected chi connectivity index (χ2v) is 4.36. The number of ether oxygens (including phenoxy) is 1. The predicted molar refractivity (Wildman–Crippen MR) is 75.7 cm³/mol. The molecule has 110 valence electrons. The van der Waals surface area contributed by atoms with Crippen molar-refractivity contribution in [3.05, 3.63) is 53.7 Å². The van der Waals surface area contributed by atoms with Gasteiger partial charge >= 0.3 is 0 Å². The summed E-state index contributed by atoms with van der Waals surface area (Å²) in [6.07, 6.45) is 0. The maximum atomic E-state index is 13.3. The van der Waals surface area contributed by atoms with Gasteiger partial charge in [0, 0.05) is 0 Å². The molecular formula is C15H15FN2O3. The van der Waals surface area contributed by atoms with E-state index >= 15 is 0 Å². The van der Waals surface area contributed by atoms with E-state index in [2.05, 4.69) is 10.5 Å². The summed E-state index contributed by atoms with van der Waals surface area (Å²) in [5, 5.41) is 3.89. The van der Waals surface area contributed by atoms with Crippen LogP contribution in [0.25, 0.3) is 0 Å².